The highest BCUT2D eigenvalue weighted by atomic mass is 32.1. The van der Waals surface area contributed by atoms with E-state index in [0.717, 1.165) is 21.2 Å². The van der Waals surface area contributed by atoms with E-state index in [0.29, 0.717) is 11.4 Å². The number of fused-ring (bicyclic) bond motifs is 1. The molecule has 108 valence electrons. The van der Waals surface area contributed by atoms with Crippen LogP contribution in [-0.4, -0.2) is 9.97 Å². The fourth-order valence-corrected chi connectivity index (χ4v) is 3.01. The van der Waals surface area contributed by atoms with Crippen LogP contribution in [-0.2, 0) is 0 Å². The Morgan fingerprint density at radius 3 is 2.71 bits per heavy atom. The fourth-order valence-electron chi connectivity index (χ4n) is 2.16. The third kappa shape index (κ3) is 2.71. The van der Waals surface area contributed by atoms with Gasteiger partial charge < -0.3 is 5.32 Å². The zero-order chi connectivity index (χ0) is 15.0. The Hall–Kier alpha value is -2.08. The Morgan fingerprint density at radius 2 is 1.95 bits per heavy atom. The van der Waals surface area contributed by atoms with Crippen molar-refractivity contribution in [2.75, 3.05) is 5.32 Å². The van der Waals surface area contributed by atoms with Crippen LogP contribution in [0.5, 0.6) is 0 Å². The molecule has 1 unspecified atom stereocenters. The molecule has 21 heavy (non-hydrogen) atoms. The number of hydrogen-bond acceptors (Lipinski definition) is 4. The average molecular weight is 305 g/mol. The standard InChI is InChI=1S/C15H13F2N3S/c1-8-5-11-14(18-7-19-15(11)21-8)20-9(2)10-3-4-12(16)13(17)6-10/h3-7,9H,1-2H3,(H,18,19,20). The van der Waals surface area contributed by atoms with Gasteiger partial charge in [-0.25, -0.2) is 18.7 Å². The number of hydrogen-bond donors (Lipinski definition) is 1. The van der Waals surface area contributed by atoms with Crippen LogP contribution in [0.2, 0.25) is 0 Å². The lowest BCUT2D eigenvalue weighted by molar-refractivity contribution is 0.506. The molecule has 0 fully saturated rings. The van der Waals surface area contributed by atoms with Gasteiger partial charge in [-0.2, -0.15) is 0 Å². The third-order valence-electron chi connectivity index (χ3n) is 3.25. The largest absolute Gasteiger partial charge is 0.363 e. The molecular formula is C15H13F2N3S. The van der Waals surface area contributed by atoms with Crippen molar-refractivity contribution in [3.8, 4) is 0 Å². The SMILES string of the molecule is Cc1cc2c(NC(C)c3ccc(F)c(F)c3)ncnc2s1. The number of aryl methyl sites for hydroxylation is 1. The summed E-state index contributed by atoms with van der Waals surface area (Å²) in [5, 5.41) is 4.17. The Kier molecular flexibility index (Phi) is 3.55. The van der Waals surface area contributed by atoms with Gasteiger partial charge in [-0.15, -0.1) is 11.3 Å². The van der Waals surface area contributed by atoms with Gasteiger partial charge in [0.2, 0.25) is 0 Å². The lowest BCUT2D eigenvalue weighted by Crippen LogP contribution is -2.09. The highest BCUT2D eigenvalue weighted by Gasteiger charge is 2.12. The molecule has 0 bridgehead atoms. The van der Waals surface area contributed by atoms with E-state index in [1.54, 1.807) is 17.4 Å². The minimum Gasteiger partial charge on any atom is -0.363 e. The second-order valence-corrected chi connectivity index (χ2v) is 6.07. The quantitative estimate of drug-likeness (QED) is 0.777. The third-order valence-corrected chi connectivity index (χ3v) is 4.21. The normalized spacial score (nSPS) is 12.6. The summed E-state index contributed by atoms with van der Waals surface area (Å²) in [5.74, 6) is -0.995. The van der Waals surface area contributed by atoms with Gasteiger partial charge in [-0.05, 0) is 37.6 Å². The van der Waals surface area contributed by atoms with Gasteiger partial charge >= 0.3 is 0 Å². The summed E-state index contributed by atoms with van der Waals surface area (Å²) < 4.78 is 26.3. The summed E-state index contributed by atoms with van der Waals surface area (Å²) in [6, 6.07) is 5.71. The van der Waals surface area contributed by atoms with Crippen molar-refractivity contribution in [2.24, 2.45) is 0 Å². The van der Waals surface area contributed by atoms with Crippen molar-refractivity contribution in [1.29, 1.82) is 0 Å². The van der Waals surface area contributed by atoms with Crippen LogP contribution in [0.4, 0.5) is 14.6 Å². The Labute approximate surface area is 124 Å². The van der Waals surface area contributed by atoms with E-state index in [2.05, 4.69) is 15.3 Å². The number of benzene rings is 1. The molecule has 0 aliphatic carbocycles. The molecule has 0 aliphatic heterocycles. The first kappa shape index (κ1) is 13.9. The van der Waals surface area contributed by atoms with Crippen molar-refractivity contribution >= 4 is 27.4 Å². The number of nitrogens with one attached hydrogen (secondary N) is 1. The van der Waals surface area contributed by atoms with Gasteiger partial charge in [0.15, 0.2) is 11.6 Å². The molecule has 0 radical (unpaired) electrons. The van der Waals surface area contributed by atoms with Crippen molar-refractivity contribution in [3.05, 3.63) is 52.7 Å². The van der Waals surface area contributed by atoms with Crippen molar-refractivity contribution in [2.45, 2.75) is 19.9 Å². The molecule has 2 heterocycles. The van der Waals surface area contributed by atoms with Gasteiger partial charge in [0.05, 0.1) is 11.4 Å². The number of nitrogens with zero attached hydrogens (tertiary/aromatic N) is 2. The van der Waals surface area contributed by atoms with Crippen LogP contribution in [0.3, 0.4) is 0 Å². The number of rotatable bonds is 3. The van der Waals surface area contributed by atoms with Gasteiger partial charge in [-0.3, -0.25) is 0 Å². The van der Waals surface area contributed by atoms with Gasteiger partial charge in [-0.1, -0.05) is 6.07 Å². The maximum Gasteiger partial charge on any atom is 0.159 e. The molecule has 0 aliphatic rings. The molecular weight excluding hydrogens is 292 g/mol. The average Bonchev–Trinajstić information content (AvgIpc) is 2.83. The highest BCUT2D eigenvalue weighted by molar-refractivity contribution is 7.18. The van der Waals surface area contributed by atoms with E-state index in [4.69, 9.17) is 0 Å². The molecule has 3 aromatic rings. The number of thiophene rings is 1. The van der Waals surface area contributed by atoms with Crippen molar-refractivity contribution in [1.82, 2.24) is 9.97 Å². The minimum absolute atomic E-state index is 0.196. The molecule has 2 aromatic heterocycles. The first-order valence-corrected chi connectivity index (χ1v) is 7.29. The predicted octanol–water partition coefficient (Wildman–Crippen LogP) is 4.45. The number of aromatic nitrogens is 2. The van der Waals surface area contributed by atoms with Crippen LogP contribution in [0.1, 0.15) is 23.4 Å². The summed E-state index contributed by atoms with van der Waals surface area (Å²) in [4.78, 5) is 10.5. The topological polar surface area (TPSA) is 37.8 Å². The van der Waals surface area contributed by atoms with Crippen molar-refractivity contribution in [3.63, 3.8) is 0 Å². The Balaban J connectivity index is 1.92. The number of halogens is 2. The zero-order valence-electron chi connectivity index (χ0n) is 11.5. The first-order chi connectivity index (χ1) is 10.0. The van der Waals surface area contributed by atoms with E-state index in [1.165, 1.54) is 12.4 Å². The smallest absolute Gasteiger partial charge is 0.159 e. The fraction of sp³-hybridized carbons (Fsp3) is 0.200. The summed E-state index contributed by atoms with van der Waals surface area (Å²) in [7, 11) is 0. The molecule has 3 nitrogen and oxygen atoms in total. The molecule has 1 atom stereocenters. The van der Waals surface area contributed by atoms with Crippen molar-refractivity contribution < 1.29 is 8.78 Å². The number of anilines is 1. The lowest BCUT2D eigenvalue weighted by atomic mass is 10.1. The van der Waals surface area contributed by atoms with E-state index in [-0.39, 0.29) is 6.04 Å². The zero-order valence-corrected chi connectivity index (χ0v) is 12.3. The maximum absolute atomic E-state index is 13.3. The Bertz CT molecular complexity index is 801. The Morgan fingerprint density at radius 1 is 1.14 bits per heavy atom. The predicted molar refractivity (Wildman–Crippen MR) is 80.5 cm³/mol. The maximum atomic E-state index is 13.3. The van der Waals surface area contributed by atoms with E-state index in [9.17, 15) is 8.78 Å². The molecule has 0 saturated carbocycles. The van der Waals surface area contributed by atoms with E-state index in [1.807, 2.05) is 19.9 Å². The molecule has 0 saturated heterocycles. The summed E-state index contributed by atoms with van der Waals surface area (Å²) >= 11 is 1.59. The lowest BCUT2D eigenvalue weighted by Gasteiger charge is -2.15. The van der Waals surface area contributed by atoms with E-state index < -0.39 is 11.6 Å². The van der Waals surface area contributed by atoms with Gasteiger partial charge in [0, 0.05) is 4.88 Å². The van der Waals surface area contributed by atoms with Gasteiger partial charge in [0.25, 0.3) is 0 Å². The van der Waals surface area contributed by atoms with Crippen LogP contribution in [0.15, 0.2) is 30.6 Å². The second kappa shape index (κ2) is 5.37. The highest BCUT2D eigenvalue weighted by Crippen LogP contribution is 2.29. The van der Waals surface area contributed by atoms with Crippen LogP contribution in [0, 0.1) is 18.6 Å². The first-order valence-electron chi connectivity index (χ1n) is 6.47. The van der Waals surface area contributed by atoms with Gasteiger partial charge in [0.1, 0.15) is 17.0 Å². The summed E-state index contributed by atoms with van der Waals surface area (Å²) in [6.07, 6.45) is 1.50. The monoisotopic (exact) mass is 305 g/mol. The van der Waals surface area contributed by atoms with Crippen LogP contribution in [0.25, 0.3) is 10.2 Å². The summed E-state index contributed by atoms with van der Waals surface area (Å²) in [6.45, 7) is 3.88. The van der Waals surface area contributed by atoms with Crippen LogP contribution < -0.4 is 5.32 Å². The molecule has 0 amide bonds. The molecule has 0 spiro atoms. The van der Waals surface area contributed by atoms with Crippen LogP contribution >= 0.6 is 11.3 Å². The van der Waals surface area contributed by atoms with E-state index >= 15 is 0 Å². The summed E-state index contributed by atoms with van der Waals surface area (Å²) in [5.41, 5.74) is 0.660. The second-order valence-electron chi connectivity index (χ2n) is 4.84. The molecule has 3 rings (SSSR count). The minimum atomic E-state index is -0.847. The molecule has 1 aromatic carbocycles. The molecule has 6 heteroatoms. The molecule has 1 N–H and O–H groups in total.